The number of anilines is 2. The van der Waals surface area contributed by atoms with Crippen molar-refractivity contribution in [1.29, 1.82) is 0 Å². The Morgan fingerprint density at radius 3 is 2.71 bits per heavy atom. The van der Waals surface area contributed by atoms with Crippen molar-refractivity contribution >= 4 is 32.4 Å². The van der Waals surface area contributed by atoms with Gasteiger partial charge in [-0.15, -0.1) is 5.10 Å². The minimum Gasteiger partial charge on any atom is -0.375 e. The van der Waals surface area contributed by atoms with Crippen molar-refractivity contribution < 1.29 is 8.42 Å². The molecule has 0 amide bonds. The zero-order valence-electron chi connectivity index (χ0n) is 8.65. The maximum atomic E-state index is 11.9. The van der Waals surface area contributed by atoms with Gasteiger partial charge < -0.3 is 5.73 Å². The van der Waals surface area contributed by atoms with Crippen LogP contribution in [0.5, 0.6) is 0 Å². The van der Waals surface area contributed by atoms with Crippen molar-refractivity contribution in [1.82, 2.24) is 20.2 Å². The molecule has 0 bridgehead atoms. The van der Waals surface area contributed by atoms with E-state index in [0.717, 1.165) is 11.3 Å². The largest absolute Gasteiger partial charge is 0.375 e. The number of aromatic nitrogens is 4. The second-order valence-corrected chi connectivity index (χ2v) is 5.91. The number of nitrogens with zero attached hydrogens (tertiary/aromatic N) is 4. The van der Waals surface area contributed by atoms with Gasteiger partial charge in [0.25, 0.3) is 16.0 Å². The van der Waals surface area contributed by atoms with Gasteiger partial charge in [-0.05, 0) is 6.92 Å². The van der Waals surface area contributed by atoms with Gasteiger partial charge in [0.05, 0.1) is 18.1 Å². The molecule has 2 aromatic rings. The van der Waals surface area contributed by atoms with Crippen LogP contribution in [0.2, 0.25) is 0 Å². The Balaban J connectivity index is 2.35. The molecule has 0 radical (unpaired) electrons. The van der Waals surface area contributed by atoms with Crippen LogP contribution in [0.25, 0.3) is 0 Å². The van der Waals surface area contributed by atoms with Gasteiger partial charge >= 0.3 is 0 Å². The van der Waals surface area contributed by atoms with Crippen molar-refractivity contribution in [2.45, 2.75) is 11.1 Å². The molecular formula is C7H8N6O2S2. The molecule has 2 heterocycles. The summed E-state index contributed by atoms with van der Waals surface area (Å²) in [5.41, 5.74) is 5.78. The highest BCUT2D eigenvalue weighted by Crippen LogP contribution is 2.25. The average Bonchev–Trinajstić information content (AvgIpc) is 2.59. The van der Waals surface area contributed by atoms with Gasteiger partial charge in [0.1, 0.15) is 0 Å². The van der Waals surface area contributed by atoms with Crippen molar-refractivity contribution in [3.8, 4) is 0 Å². The second kappa shape index (κ2) is 4.22. The van der Waals surface area contributed by atoms with Crippen LogP contribution in [0.4, 0.5) is 11.1 Å². The highest BCUT2D eigenvalue weighted by Gasteiger charge is 2.22. The standard InChI is InChI=1S/C7H8N6O2S2/c1-4-5(16-6(8)11-4)17(14,15)13-7-9-2-3-10-12-7/h2-3H,1H3,(H2,8,11)(H,9,12,13). The van der Waals surface area contributed by atoms with E-state index in [-0.39, 0.29) is 15.3 Å². The minimum atomic E-state index is -3.76. The number of rotatable bonds is 3. The summed E-state index contributed by atoms with van der Waals surface area (Å²) in [5, 5.41) is 7.23. The molecule has 0 aliphatic heterocycles. The first-order valence-corrected chi connectivity index (χ1v) is 6.68. The van der Waals surface area contributed by atoms with Gasteiger partial charge in [-0.3, -0.25) is 0 Å². The Kier molecular flexibility index (Phi) is 2.90. The number of hydrogen-bond acceptors (Lipinski definition) is 8. The Labute approximate surface area is 101 Å². The second-order valence-electron chi connectivity index (χ2n) is 3.00. The third kappa shape index (κ3) is 2.47. The number of aryl methyl sites for hydroxylation is 1. The molecule has 8 nitrogen and oxygen atoms in total. The van der Waals surface area contributed by atoms with E-state index in [2.05, 4.69) is 24.9 Å². The third-order valence-electron chi connectivity index (χ3n) is 1.72. The molecule has 2 rings (SSSR count). The van der Waals surface area contributed by atoms with Crippen molar-refractivity contribution in [3.05, 3.63) is 18.1 Å². The fourth-order valence-corrected chi connectivity index (χ4v) is 3.36. The molecule has 2 aromatic heterocycles. The zero-order valence-corrected chi connectivity index (χ0v) is 10.3. The molecule has 0 saturated heterocycles. The highest BCUT2D eigenvalue weighted by atomic mass is 32.2. The predicted molar refractivity (Wildman–Crippen MR) is 61.9 cm³/mol. The summed E-state index contributed by atoms with van der Waals surface area (Å²) >= 11 is 0.881. The van der Waals surface area contributed by atoms with Crippen LogP contribution in [0, 0.1) is 6.92 Å². The van der Waals surface area contributed by atoms with Gasteiger partial charge in [-0.25, -0.2) is 23.1 Å². The number of thiazole rings is 1. The fourth-order valence-electron chi connectivity index (χ4n) is 1.11. The van der Waals surface area contributed by atoms with Gasteiger partial charge in [-0.1, -0.05) is 11.3 Å². The van der Waals surface area contributed by atoms with E-state index < -0.39 is 10.0 Å². The van der Waals surface area contributed by atoms with Crippen LogP contribution in [-0.4, -0.2) is 28.6 Å². The Hall–Kier alpha value is -1.81. The fraction of sp³-hybridized carbons (Fsp3) is 0.143. The summed E-state index contributed by atoms with van der Waals surface area (Å²) in [6, 6.07) is 0. The van der Waals surface area contributed by atoms with Gasteiger partial charge in [0.2, 0.25) is 0 Å². The summed E-state index contributed by atoms with van der Waals surface area (Å²) in [6.07, 6.45) is 2.67. The zero-order chi connectivity index (χ0) is 12.5. The predicted octanol–water partition coefficient (Wildman–Crippen LogP) is 0.0195. The lowest BCUT2D eigenvalue weighted by Crippen LogP contribution is -2.15. The summed E-state index contributed by atoms with van der Waals surface area (Å²) < 4.78 is 26.1. The molecule has 0 unspecified atom stereocenters. The topological polar surface area (TPSA) is 124 Å². The molecule has 0 spiro atoms. The Morgan fingerprint density at radius 2 is 2.18 bits per heavy atom. The van der Waals surface area contributed by atoms with Crippen molar-refractivity contribution in [2.75, 3.05) is 10.5 Å². The highest BCUT2D eigenvalue weighted by molar-refractivity contribution is 7.94. The van der Waals surface area contributed by atoms with E-state index >= 15 is 0 Å². The van der Waals surface area contributed by atoms with Crippen LogP contribution in [0.15, 0.2) is 16.6 Å². The molecule has 90 valence electrons. The van der Waals surface area contributed by atoms with Gasteiger partial charge in [0.15, 0.2) is 9.34 Å². The normalized spacial score (nSPS) is 11.4. The molecule has 0 aliphatic carbocycles. The Bertz CT molecular complexity index is 623. The first-order chi connectivity index (χ1) is 7.99. The molecule has 0 aliphatic rings. The molecule has 17 heavy (non-hydrogen) atoms. The van der Waals surface area contributed by atoms with E-state index in [1.54, 1.807) is 6.92 Å². The summed E-state index contributed by atoms with van der Waals surface area (Å²) in [5.74, 6) is -0.0983. The minimum absolute atomic E-state index is 0.0439. The number of nitrogen functional groups attached to an aromatic ring is 1. The van der Waals surface area contributed by atoms with E-state index in [1.807, 2.05) is 0 Å². The van der Waals surface area contributed by atoms with Crippen LogP contribution in [0.3, 0.4) is 0 Å². The average molecular weight is 272 g/mol. The maximum Gasteiger partial charge on any atom is 0.275 e. The molecule has 10 heteroatoms. The van der Waals surface area contributed by atoms with E-state index in [4.69, 9.17) is 5.73 Å². The smallest absolute Gasteiger partial charge is 0.275 e. The Morgan fingerprint density at radius 1 is 1.41 bits per heavy atom. The monoisotopic (exact) mass is 272 g/mol. The van der Waals surface area contributed by atoms with Crippen LogP contribution in [-0.2, 0) is 10.0 Å². The number of hydrogen-bond donors (Lipinski definition) is 2. The molecular weight excluding hydrogens is 264 g/mol. The van der Waals surface area contributed by atoms with Crippen molar-refractivity contribution in [3.63, 3.8) is 0 Å². The van der Waals surface area contributed by atoms with E-state index in [1.165, 1.54) is 12.4 Å². The molecule has 0 atom stereocenters. The quantitative estimate of drug-likeness (QED) is 0.807. The van der Waals surface area contributed by atoms with Gasteiger partial charge in [-0.2, -0.15) is 5.10 Å². The molecule has 0 saturated carbocycles. The lowest BCUT2D eigenvalue weighted by molar-refractivity contribution is 0.602. The first kappa shape index (κ1) is 11.7. The maximum absolute atomic E-state index is 11.9. The molecule has 3 N–H and O–H groups in total. The van der Waals surface area contributed by atoms with E-state index in [9.17, 15) is 8.42 Å². The lowest BCUT2D eigenvalue weighted by Gasteiger charge is -2.03. The summed E-state index contributed by atoms with van der Waals surface area (Å²) in [6.45, 7) is 1.56. The SMILES string of the molecule is Cc1nc(N)sc1S(=O)(=O)Nc1nccnn1. The summed E-state index contributed by atoms with van der Waals surface area (Å²) in [4.78, 5) is 7.55. The number of sulfonamides is 1. The first-order valence-electron chi connectivity index (χ1n) is 4.38. The molecule has 0 aromatic carbocycles. The lowest BCUT2D eigenvalue weighted by atomic mass is 10.6. The third-order valence-corrected chi connectivity index (χ3v) is 4.65. The van der Waals surface area contributed by atoms with Crippen molar-refractivity contribution in [2.24, 2.45) is 0 Å². The van der Waals surface area contributed by atoms with Gasteiger partial charge in [0, 0.05) is 0 Å². The van der Waals surface area contributed by atoms with E-state index in [0.29, 0.717) is 5.69 Å². The van der Waals surface area contributed by atoms with Crippen LogP contribution >= 0.6 is 11.3 Å². The molecule has 0 fully saturated rings. The number of nitrogens with one attached hydrogen (secondary N) is 1. The number of nitrogens with two attached hydrogens (primary N) is 1. The van der Waals surface area contributed by atoms with Crippen LogP contribution < -0.4 is 10.5 Å². The summed E-state index contributed by atoms with van der Waals surface area (Å²) in [7, 11) is -3.76. The van der Waals surface area contributed by atoms with Crippen LogP contribution in [0.1, 0.15) is 5.69 Å².